The standard InChI is InChI=1S/C15H18N2/c1-2-4-13(5-3-1)6-7-14-8-10-17-11-9-16-12-15(14)17/h1-5,8,10,16H,6-7,9,11-12H2. The van der Waals surface area contributed by atoms with E-state index in [1.165, 1.54) is 16.8 Å². The Labute approximate surface area is 102 Å². The summed E-state index contributed by atoms with van der Waals surface area (Å²) in [5, 5.41) is 3.44. The second kappa shape index (κ2) is 4.76. The molecule has 0 bridgehead atoms. The van der Waals surface area contributed by atoms with E-state index in [2.05, 4.69) is 52.5 Å². The fraction of sp³-hybridized carbons (Fsp3) is 0.333. The number of hydrogen-bond acceptors (Lipinski definition) is 1. The number of nitrogens with zero attached hydrogens (tertiary/aromatic N) is 1. The highest BCUT2D eigenvalue weighted by Crippen LogP contribution is 2.16. The smallest absolute Gasteiger partial charge is 0.0362 e. The zero-order chi connectivity index (χ0) is 11.5. The van der Waals surface area contributed by atoms with Crippen LogP contribution in [0.3, 0.4) is 0 Å². The van der Waals surface area contributed by atoms with Crippen LogP contribution in [-0.2, 0) is 25.9 Å². The van der Waals surface area contributed by atoms with Crippen molar-refractivity contribution < 1.29 is 0 Å². The van der Waals surface area contributed by atoms with Crippen molar-refractivity contribution >= 4 is 0 Å². The van der Waals surface area contributed by atoms with E-state index < -0.39 is 0 Å². The molecule has 0 saturated carbocycles. The van der Waals surface area contributed by atoms with Crippen molar-refractivity contribution in [2.75, 3.05) is 6.54 Å². The Bertz CT molecular complexity index is 485. The molecule has 1 aliphatic heterocycles. The van der Waals surface area contributed by atoms with E-state index in [9.17, 15) is 0 Å². The molecule has 2 aromatic rings. The average Bonchev–Trinajstić information content (AvgIpc) is 2.81. The number of nitrogens with one attached hydrogen (secondary N) is 1. The second-order valence-corrected chi connectivity index (χ2v) is 4.64. The predicted molar refractivity (Wildman–Crippen MR) is 70.0 cm³/mol. The minimum Gasteiger partial charge on any atom is -0.349 e. The molecule has 0 fully saturated rings. The molecule has 1 N–H and O–H groups in total. The van der Waals surface area contributed by atoms with Gasteiger partial charge in [-0.1, -0.05) is 30.3 Å². The van der Waals surface area contributed by atoms with Gasteiger partial charge in [-0.15, -0.1) is 0 Å². The monoisotopic (exact) mass is 226 g/mol. The molecule has 2 heterocycles. The SMILES string of the molecule is c1ccc(CCc2ccn3c2CNCC3)cc1. The first-order valence-corrected chi connectivity index (χ1v) is 6.35. The Balaban J connectivity index is 1.71. The Morgan fingerprint density at radius 3 is 2.82 bits per heavy atom. The van der Waals surface area contributed by atoms with Crippen molar-refractivity contribution in [3.63, 3.8) is 0 Å². The average molecular weight is 226 g/mol. The van der Waals surface area contributed by atoms with E-state index in [-0.39, 0.29) is 0 Å². The van der Waals surface area contributed by atoms with Crippen molar-refractivity contribution in [1.29, 1.82) is 0 Å². The molecule has 88 valence electrons. The third-order valence-electron chi connectivity index (χ3n) is 3.52. The highest BCUT2D eigenvalue weighted by atomic mass is 15.1. The van der Waals surface area contributed by atoms with E-state index in [1.54, 1.807) is 0 Å². The molecule has 1 aliphatic rings. The summed E-state index contributed by atoms with van der Waals surface area (Å²) in [6, 6.07) is 13.0. The summed E-state index contributed by atoms with van der Waals surface area (Å²) >= 11 is 0. The van der Waals surface area contributed by atoms with Gasteiger partial charge in [-0.2, -0.15) is 0 Å². The van der Waals surface area contributed by atoms with E-state index >= 15 is 0 Å². The molecule has 2 heteroatoms. The van der Waals surface area contributed by atoms with E-state index in [4.69, 9.17) is 0 Å². The Hall–Kier alpha value is -1.54. The van der Waals surface area contributed by atoms with Gasteiger partial charge in [0.2, 0.25) is 0 Å². The van der Waals surface area contributed by atoms with Gasteiger partial charge in [-0.3, -0.25) is 0 Å². The topological polar surface area (TPSA) is 17.0 Å². The van der Waals surface area contributed by atoms with Crippen LogP contribution >= 0.6 is 0 Å². The molecule has 3 rings (SSSR count). The van der Waals surface area contributed by atoms with Gasteiger partial charge in [-0.25, -0.2) is 0 Å². The molecule has 1 aromatic carbocycles. The van der Waals surface area contributed by atoms with Gasteiger partial charge in [0.15, 0.2) is 0 Å². The molecule has 17 heavy (non-hydrogen) atoms. The number of aromatic nitrogens is 1. The van der Waals surface area contributed by atoms with Crippen LogP contribution in [0, 0.1) is 0 Å². The van der Waals surface area contributed by atoms with Crippen LogP contribution in [-0.4, -0.2) is 11.1 Å². The summed E-state index contributed by atoms with van der Waals surface area (Å²) in [5.41, 5.74) is 4.41. The lowest BCUT2D eigenvalue weighted by Gasteiger charge is -2.18. The Morgan fingerprint density at radius 1 is 1.06 bits per heavy atom. The molecule has 2 nitrogen and oxygen atoms in total. The zero-order valence-corrected chi connectivity index (χ0v) is 10.0. The highest BCUT2D eigenvalue weighted by Gasteiger charge is 2.12. The van der Waals surface area contributed by atoms with Crippen molar-refractivity contribution in [1.82, 2.24) is 9.88 Å². The molecule has 1 aromatic heterocycles. The molecule has 0 amide bonds. The van der Waals surface area contributed by atoms with Gasteiger partial charge in [0.1, 0.15) is 0 Å². The Morgan fingerprint density at radius 2 is 1.94 bits per heavy atom. The van der Waals surface area contributed by atoms with E-state index in [1.807, 2.05) is 0 Å². The van der Waals surface area contributed by atoms with Crippen molar-refractivity contribution in [2.45, 2.75) is 25.9 Å². The summed E-state index contributed by atoms with van der Waals surface area (Å²) < 4.78 is 2.39. The quantitative estimate of drug-likeness (QED) is 0.850. The maximum Gasteiger partial charge on any atom is 0.0362 e. The van der Waals surface area contributed by atoms with Gasteiger partial charge in [0.25, 0.3) is 0 Å². The summed E-state index contributed by atoms with van der Waals surface area (Å²) in [4.78, 5) is 0. The third kappa shape index (κ3) is 2.27. The summed E-state index contributed by atoms with van der Waals surface area (Å²) in [6.07, 6.45) is 4.52. The Kier molecular flexibility index (Phi) is 2.97. The molecule has 0 atom stereocenters. The first-order valence-electron chi connectivity index (χ1n) is 6.35. The largest absolute Gasteiger partial charge is 0.349 e. The van der Waals surface area contributed by atoms with Gasteiger partial charge >= 0.3 is 0 Å². The second-order valence-electron chi connectivity index (χ2n) is 4.64. The van der Waals surface area contributed by atoms with Gasteiger partial charge < -0.3 is 9.88 Å². The van der Waals surface area contributed by atoms with Crippen molar-refractivity contribution in [3.8, 4) is 0 Å². The van der Waals surface area contributed by atoms with Gasteiger partial charge in [-0.05, 0) is 30.0 Å². The van der Waals surface area contributed by atoms with Crippen LogP contribution in [0.2, 0.25) is 0 Å². The molecule has 0 spiro atoms. The lowest BCUT2D eigenvalue weighted by molar-refractivity contribution is 0.513. The first kappa shape index (κ1) is 10.6. The molecule has 0 aliphatic carbocycles. The van der Waals surface area contributed by atoms with Crippen LogP contribution in [0.1, 0.15) is 16.8 Å². The molecular weight excluding hydrogens is 208 g/mol. The zero-order valence-electron chi connectivity index (χ0n) is 10.0. The normalized spacial score (nSPS) is 14.6. The van der Waals surface area contributed by atoms with Crippen LogP contribution in [0.15, 0.2) is 42.6 Å². The van der Waals surface area contributed by atoms with Crippen LogP contribution in [0.25, 0.3) is 0 Å². The number of benzene rings is 1. The van der Waals surface area contributed by atoms with Crippen LogP contribution in [0.5, 0.6) is 0 Å². The summed E-state index contributed by atoms with van der Waals surface area (Å²) in [6.45, 7) is 3.23. The van der Waals surface area contributed by atoms with E-state index in [0.29, 0.717) is 0 Å². The fourth-order valence-electron chi connectivity index (χ4n) is 2.53. The lowest BCUT2D eigenvalue weighted by Crippen LogP contribution is -2.28. The minimum atomic E-state index is 1.02. The van der Waals surface area contributed by atoms with Gasteiger partial charge in [0.05, 0.1) is 0 Å². The number of aryl methyl sites for hydroxylation is 2. The maximum atomic E-state index is 3.44. The summed E-state index contributed by atoms with van der Waals surface area (Å²) in [7, 11) is 0. The predicted octanol–water partition coefficient (Wildman–Crippen LogP) is 2.38. The maximum absolute atomic E-state index is 3.44. The number of hydrogen-bond donors (Lipinski definition) is 1. The molecule has 0 saturated heterocycles. The van der Waals surface area contributed by atoms with E-state index in [0.717, 1.165) is 32.5 Å². The van der Waals surface area contributed by atoms with Crippen LogP contribution in [0.4, 0.5) is 0 Å². The summed E-state index contributed by atoms with van der Waals surface area (Å²) in [5.74, 6) is 0. The fourth-order valence-corrected chi connectivity index (χ4v) is 2.53. The van der Waals surface area contributed by atoms with Crippen molar-refractivity contribution in [3.05, 3.63) is 59.4 Å². The minimum absolute atomic E-state index is 1.02. The lowest BCUT2D eigenvalue weighted by atomic mass is 10.0. The first-order chi connectivity index (χ1) is 8.43. The number of rotatable bonds is 3. The third-order valence-corrected chi connectivity index (χ3v) is 3.52. The van der Waals surface area contributed by atoms with Crippen molar-refractivity contribution in [2.24, 2.45) is 0 Å². The molecule has 0 radical (unpaired) electrons. The number of fused-ring (bicyclic) bond motifs is 1. The van der Waals surface area contributed by atoms with Gasteiger partial charge in [0, 0.05) is 31.5 Å². The molecule has 0 unspecified atom stereocenters. The highest BCUT2D eigenvalue weighted by molar-refractivity contribution is 5.25. The van der Waals surface area contributed by atoms with Crippen LogP contribution < -0.4 is 5.32 Å². The molecular formula is C15H18N2.